The lowest BCUT2D eigenvalue weighted by Gasteiger charge is -2.11. The van der Waals surface area contributed by atoms with Crippen LogP contribution < -0.4 is 10.1 Å². The first-order valence-electron chi connectivity index (χ1n) is 8.62. The Labute approximate surface area is 165 Å². The van der Waals surface area contributed by atoms with E-state index < -0.39 is 9.84 Å². The summed E-state index contributed by atoms with van der Waals surface area (Å²) in [5, 5.41) is 6.88. The first kappa shape index (κ1) is 18.7. The molecule has 1 aromatic carbocycles. The molecule has 1 fully saturated rings. The van der Waals surface area contributed by atoms with E-state index in [1.165, 1.54) is 17.6 Å². The number of nitrogens with one attached hydrogen (secondary N) is 1. The molecule has 3 aromatic rings. The average Bonchev–Trinajstić information content (AvgIpc) is 3.39. The summed E-state index contributed by atoms with van der Waals surface area (Å²) in [7, 11) is -3.05. The molecule has 3 heterocycles. The highest BCUT2D eigenvalue weighted by atomic mass is 32.2. The van der Waals surface area contributed by atoms with Crippen LogP contribution in [-0.2, 0) is 14.6 Å². The molecule has 0 spiro atoms. The van der Waals surface area contributed by atoms with Crippen LogP contribution >= 0.6 is 11.3 Å². The molecule has 1 aliphatic rings. The van der Waals surface area contributed by atoms with Crippen LogP contribution in [0.25, 0.3) is 11.0 Å². The van der Waals surface area contributed by atoms with Crippen LogP contribution in [0, 0.1) is 0 Å². The summed E-state index contributed by atoms with van der Waals surface area (Å²) in [6.45, 7) is -0.242. The van der Waals surface area contributed by atoms with Gasteiger partial charge in [0.2, 0.25) is 0 Å². The van der Waals surface area contributed by atoms with Crippen molar-refractivity contribution in [1.29, 1.82) is 0 Å². The maximum absolute atomic E-state index is 12.6. The molecule has 9 heteroatoms. The van der Waals surface area contributed by atoms with Gasteiger partial charge in [0.25, 0.3) is 5.91 Å². The topological polar surface area (TPSA) is 103 Å². The van der Waals surface area contributed by atoms with Crippen LogP contribution in [0.4, 0.5) is 0 Å². The molecular formula is C19H17NO6S2. The third kappa shape index (κ3) is 3.95. The number of hydrogen-bond donors (Lipinski definition) is 1. The fraction of sp³-hybridized carbons (Fsp3) is 0.263. The summed E-state index contributed by atoms with van der Waals surface area (Å²) in [5.41, 5.74) is 1.57. The van der Waals surface area contributed by atoms with E-state index in [0.29, 0.717) is 34.3 Å². The average molecular weight is 419 g/mol. The summed E-state index contributed by atoms with van der Waals surface area (Å²) in [6, 6.07) is 6.37. The number of benzene rings is 1. The van der Waals surface area contributed by atoms with E-state index in [9.17, 15) is 18.0 Å². The number of hydrogen-bond acceptors (Lipinski definition) is 7. The van der Waals surface area contributed by atoms with Gasteiger partial charge in [-0.15, -0.1) is 0 Å². The quantitative estimate of drug-likeness (QED) is 0.616. The van der Waals surface area contributed by atoms with E-state index in [4.69, 9.17) is 9.15 Å². The van der Waals surface area contributed by atoms with Gasteiger partial charge in [-0.1, -0.05) is 0 Å². The smallest absolute Gasteiger partial charge is 0.258 e. The highest BCUT2D eigenvalue weighted by molar-refractivity contribution is 7.91. The molecule has 28 heavy (non-hydrogen) atoms. The summed E-state index contributed by atoms with van der Waals surface area (Å²) in [6.07, 6.45) is 1.84. The van der Waals surface area contributed by atoms with E-state index in [-0.39, 0.29) is 35.8 Å². The lowest BCUT2D eigenvalue weighted by atomic mass is 10.1. The van der Waals surface area contributed by atoms with Crippen molar-refractivity contribution in [3.05, 3.63) is 52.4 Å². The molecule has 1 N–H and O–H groups in total. The molecule has 1 aliphatic heterocycles. The summed E-state index contributed by atoms with van der Waals surface area (Å²) in [5.74, 6) is -0.0474. The Morgan fingerprint density at radius 1 is 1.29 bits per heavy atom. The number of rotatable bonds is 6. The second-order valence-electron chi connectivity index (χ2n) is 6.60. The molecule has 0 bridgehead atoms. The van der Waals surface area contributed by atoms with Gasteiger partial charge in [-0.3, -0.25) is 9.59 Å². The third-order valence-electron chi connectivity index (χ3n) is 4.54. The maximum atomic E-state index is 12.6. The van der Waals surface area contributed by atoms with Gasteiger partial charge in [-0.05, 0) is 36.1 Å². The predicted molar refractivity (Wildman–Crippen MR) is 105 cm³/mol. The minimum absolute atomic E-state index is 0.0340. The second kappa shape index (κ2) is 7.40. The molecule has 0 aliphatic carbocycles. The predicted octanol–water partition coefficient (Wildman–Crippen LogP) is 2.41. The number of ether oxygens (including phenoxy) is 1. The zero-order valence-corrected chi connectivity index (χ0v) is 16.3. The second-order valence-corrected chi connectivity index (χ2v) is 9.61. The lowest BCUT2D eigenvalue weighted by molar-refractivity contribution is -0.123. The fourth-order valence-electron chi connectivity index (χ4n) is 3.15. The van der Waals surface area contributed by atoms with Gasteiger partial charge in [0.1, 0.15) is 17.6 Å². The number of furan rings is 1. The monoisotopic (exact) mass is 419 g/mol. The Morgan fingerprint density at radius 3 is 2.86 bits per heavy atom. The normalized spacial score (nSPS) is 18.2. The molecule has 4 rings (SSSR count). The van der Waals surface area contributed by atoms with Crippen LogP contribution in [0.1, 0.15) is 22.3 Å². The molecule has 1 amide bonds. The van der Waals surface area contributed by atoms with Gasteiger partial charge >= 0.3 is 0 Å². The van der Waals surface area contributed by atoms with Crippen molar-refractivity contribution in [3.63, 3.8) is 0 Å². The number of sulfone groups is 1. The molecular weight excluding hydrogens is 402 g/mol. The van der Waals surface area contributed by atoms with Crippen molar-refractivity contribution in [3.8, 4) is 5.75 Å². The van der Waals surface area contributed by atoms with Crippen LogP contribution in [0.5, 0.6) is 5.75 Å². The zero-order valence-electron chi connectivity index (χ0n) is 14.7. The van der Waals surface area contributed by atoms with Gasteiger partial charge in [-0.2, -0.15) is 11.3 Å². The van der Waals surface area contributed by atoms with Gasteiger partial charge in [-0.25, -0.2) is 8.42 Å². The van der Waals surface area contributed by atoms with Crippen molar-refractivity contribution < 1.29 is 27.2 Å². The number of ketones is 1. The first-order chi connectivity index (χ1) is 13.4. The molecule has 0 radical (unpaired) electrons. The standard InChI is InChI=1S/C19H17NO6S2/c21-18(20-13-4-6-28(23,24)11-13)9-25-14-1-2-17-15(7-14)16(8-26-17)19(22)12-3-5-27-10-12/h1-3,5,7-8,10,13H,4,6,9,11H2,(H,20,21). The highest BCUT2D eigenvalue weighted by Crippen LogP contribution is 2.28. The molecule has 7 nitrogen and oxygen atoms in total. The Balaban J connectivity index is 1.44. The Morgan fingerprint density at radius 2 is 2.14 bits per heavy atom. The summed E-state index contributed by atoms with van der Waals surface area (Å²) >= 11 is 1.44. The number of fused-ring (bicyclic) bond motifs is 1. The third-order valence-corrected chi connectivity index (χ3v) is 6.99. The van der Waals surface area contributed by atoms with Crippen molar-refractivity contribution >= 4 is 43.8 Å². The van der Waals surface area contributed by atoms with Gasteiger partial charge < -0.3 is 14.5 Å². The van der Waals surface area contributed by atoms with Crippen molar-refractivity contribution in [1.82, 2.24) is 5.32 Å². The fourth-order valence-corrected chi connectivity index (χ4v) is 5.46. The number of carbonyl (C=O) groups excluding carboxylic acids is 2. The Bertz CT molecular complexity index is 1130. The molecule has 146 valence electrons. The van der Waals surface area contributed by atoms with Gasteiger partial charge in [0.15, 0.2) is 22.2 Å². The molecule has 2 aromatic heterocycles. The van der Waals surface area contributed by atoms with Gasteiger partial charge in [0, 0.05) is 22.4 Å². The minimum Gasteiger partial charge on any atom is -0.484 e. The molecule has 0 saturated carbocycles. The van der Waals surface area contributed by atoms with E-state index in [0.717, 1.165) is 0 Å². The Hall–Kier alpha value is -2.65. The van der Waals surface area contributed by atoms with Crippen molar-refractivity contribution in [2.45, 2.75) is 12.5 Å². The van der Waals surface area contributed by atoms with Crippen LogP contribution in [-0.4, -0.2) is 44.3 Å². The first-order valence-corrected chi connectivity index (χ1v) is 11.4. The summed E-state index contributed by atoms with van der Waals surface area (Å²) < 4.78 is 33.9. The summed E-state index contributed by atoms with van der Waals surface area (Å²) in [4.78, 5) is 24.6. The maximum Gasteiger partial charge on any atom is 0.258 e. The lowest BCUT2D eigenvalue weighted by Crippen LogP contribution is -2.38. The molecule has 1 saturated heterocycles. The highest BCUT2D eigenvalue weighted by Gasteiger charge is 2.28. The van der Waals surface area contributed by atoms with Crippen molar-refractivity contribution in [2.24, 2.45) is 0 Å². The number of amides is 1. The largest absolute Gasteiger partial charge is 0.484 e. The zero-order chi connectivity index (χ0) is 19.7. The Kier molecular flexibility index (Phi) is 4.94. The number of carbonyl (C=O) groups is 2. The van der Waals surface area contributed by atoms with Crippen LogP contribution in [0.15, 0.2) is 45.7 Å². The van der Waals surface area contributed by atoms with E-state index in [1.54, 1.807) is 29.6 Å². The van der Waals surface area contributed by atoms with E-state index >= 15 is 0 Å². The van der Waals surface area contributed by atoms with E-state index in [1.807, 2.05) is 5.38 Å². The van der Waals surface area contributed by atoms with Crippen molar-refractivity contribution in [2.75, 3.05) is 18.1 Å². The molecule has 1 atom stereocenters. The molecule has 1 unspecified atom stereocenters. The SMILES string of the molecule is O=C(COc1ccc2occ(C(=O)c3ccsc3)c2c1)NC1CCS(=O)(=O)C1. The number of thiophene rings is 1. The van der Waals surface area contributed by atoms with E-state index in [2.05, 4.69) is 5.32 Å². The van der Waals surface area contributed by atoms with Gasteiger partial charge in [0.05, 0.1) is 17.1 Å². The van der Waals surface area contributed by atoms with Crippen LogP contribution in [0.2, 0.25) is 0 Å². The minimum atomic E-state index is -3.05. The van der Waals surface area contributed by atoms with Crippen LogP contribution in [0.3, 0.4) is 0 Å².